The molecule has 0 aliphatic carbocycles. The molecule has 0 saturated heterocycles. The minimum atomic E-state index is -2.64. The predicted octanol–water partition coefficient (Wildman–Crippen LogP) is 2.85. The summed E-state index contributed by atoms with van der Waals surface area (Å²) in [4.78, 5) is 3.70. The van der Waals surface area contributed by atoms with E-state index in [9.17, 15) is 8.78 Å². The fourth-order valence-corrected chi connectivity index (χ4v) is 2.04. The number of hydrogen-bond acceptors (Lipinski definition) is 2. The second kappa shape index (κ2) is 5.18. The van der Waals surface area contributed by atoms with Crippen molar-refractivity contribution in [1.82, 2.24) is 4.98 Å². The first kappa shape index (κ1) is 12.1. The van der Waals surface area contributed by atoms with Gasteiger partial charge in [-0.2, -0.15) is 0 Å². The van der Waals surface area contributed by atoms with Crippen LogP contribution in [0.3, 0.4) is 0 Å². The summed E-state index contributed by atoms with van der Waals surface area (Å²) in [7, 11) is 0. The molecule has 0 radical (unpaired) electrons. The lowest BCUT2D eigenvalue weighted by Gasteiger charge is -2.08. The Labute approximate surface area is 98.4 Å². The largest absolute Gasteiger partial charge is 0.392 e. The van der Waals surface area contributed by atoms with Gasteiger partial charge < -0.3 is 5.11 Å². The number of aromatic nitrogens is 1. The van der Waals surface area contributed by atoms with Gasteiger partial charge in [0.05, 0.1) is 18.2 Å². The van der Waals surface area contributed by atoms with Crippen molar-refractivity contribution in [3.8, 4) is 0 Å². The highest BCUT2D eigenvalue weighted by Crippen LogP contribution is 2.24. The third kappa shape index (κ3) is 2.52. The topological polar surface area (TPSA) is 33.1 Å². The zero-order valence-electron chi connectivity index (χ0n) is 6.98. The number of aliphatic hydroxyl groups is 1. The molecule has 1 N–H and O–H groups in total. The normalized spacial score (nSPS) is 11.0. The minimum absolute atomic E-state index is 0.0613. The van der Waals surface area contributed by atoms with Gasteiger partial charge in [0.15, 0.2) is 0 Å². The predicted molar refractivity (Wildman–Crippen MR) is 57.4 cm³/mol. The van der Waals surface area contributed by atoms with Crippen molar-refractivity contribution in [3.63, 3.8) is 0 Å². The quantitative estimate of drug-likeness (QED) is 0.681. The van der Waals surface area contributed by atoms with E-state index >= 15 is 0 Å². The molecule has 0 aliphatic heterocycles. The first-order valence-corrected chi connectivity index (χ1v) is 5.34. The zero-order chi connectivity index (χ0) is 10.7. The number of halogens is 4. The number of hydrogen-bond donors (Lipinski definition) is 1. The van der Waals surface area contributed by atoms with Crippen molar-refractivity contribution in [2.75, 3.05) is 0 Å². The Balaban J connectivity index is 3.25. The van der Waals surface area contributed by atoms with Gasteiger partial charge in [-0.15, -0.1) is 11.6 Å². The van der Waals surface area contributed by atoms with Crippen LogP contribution in [0.4, 0.5) is 8.78 Å². The van der Waals surface area contributed by atoms with E-state index < -0.39 is 6.43 Å². The van der Waals surface area contributed by atoms with Gasteiger partial charge in [-0.1, -0.05) is 0 Å². The average molecular weight is 334 g/mol. The second-order valence-electron chi connectivity index (χ2n) is 2.56. The summed E-state index contributed by atoms with van der Waals surface area (Å²) in [5.41, 5.74) is 0.478. The van der Waals surface area contributed by atoms with Gasteiger partial charge in [0.1, 0.15) is 5.69 Å². The summed E-state index contributed by atoms with van der Waals surface area (Å²) in [6, 6.07) is 1.20. The van der Waals surface area contributed by atoms with Crippen molar-refractivity contribution in [2.24, 2.45) is 0 Å². The summed E-state index contributed by atoms with van der Waals surface area (Å²) in [6.45, 7) is -0.287. The molecule has 6 heteroatoms. The molecule has 0 spiro atoms. The van der Waals surface area contributed by atoms with Crippen molar-refractivity contribution >= 4 is 34.2 Å². The van der Waals surface area contributed by atoms with Gasteiger partial charge in [-0.25, -0.2) is 13.8 Å². The van der Waals surface area contributed by atoms with Gasteiger partial charge >= 0.3 is 0 Å². The summed E-state index contributed by atoms with van der Waals surface area (Å²) in [5.74, 6) is 0.0613. The molecule has 2 nitrogen and oxygen atoms in total. The number of pyridine rings is 1. The molecule has 78 valence electrons. The standard InChI is InChI=1S/C8H7ClF2INO/c9-2-6-7(12)4(3-14)1-5(13-6)8(10)11/h1,8,14H,2-3H2. The molecule has 0 amide bonds. The van der Waals surface area contributed by atoms with Crippen LogP contribution >= 0.6 is 34.2 Å². The van der Waals surface area contributed by atoms with Crippen LogP contribution in [0.2, 0.25) is 0 Å². The number of rotatable bonds is 3. The highest BCUT2D eigenvalue weighted by Gasteiger charge is 2.14. The van der Waals surface area contributed by atoms with E-state index in [0.29, 0.717) is 14.8 Å². The molecule has 0 unspecified atom stereocenters. The maximum absolute atomic E-state index is 12.3. The first-order valence-electron chi connectivity index (χ1n) is 3.73. The number of aliphatic hydroxyl groups excluding tert-OH is 1. The molecule has 0 atom stereocenters. The molecular weight excluding hydrogens is 326 g/mol. The van der Waals surface area contributed by atoms with Crippen LogP contribution in [0.1, 0.15) is 23.4 Å². The Kier molecular flexibility index (Phi) is 4.46. The molecule has 1 rings (SSSR count). The van der Waals surface area contributed by atoms with Gasteiger partial charge in [0, 0.05) is 3.57 Å². The van der Waals surface area contributed by atoms with E-state index in [1.54, 1.807) is 0 Å². The van der Waals surface area contributed by atoms with Gasteiger partial charge in [-0.05, 0) is 34.2 Å². The van der Waals surface area contributed by atoms with Crippen LogP contribution in [0.15, 0.2) is 6.07 Å². The summed E-state index contributed by atoms with van der Waals surface area (Å²) >= 11 is 7.47. The van der Waals surface area contributed by atoms with Crippen LogP contribution in [0.5, 0.6) is 0 Å². The molecule has 0 aliphatic rings. The fourth-order valence-electron chi connectivity index (χ4n) is 0.980. The van der Waals surface area contributed by atoms with Crippen LogP contribution in [-0.2, 0) is 12.5 Å². The van der Waals surface area contributed by atoms with Crippen LogP contribution < -0.4 is 0 Å². The summed E-state index contributed by atoms with van der Waals surface area (Å²) < 4.78 is 25.3. The van der Waals surface area contributed by atoms with Gasteiger partial charge in [0.2, 0.25) is 0 Å². The molecule has 0 saturated carbocycles. The van der Waals surface area contributed by atoms with Gasteiger partial charge in [0.25, 0.3) is 6.43 Å². The Morgan fingerprint density at radius 1 is 1.57 bits per heavy atom. The SMILES string of the molecule is OCc1cc(C(F)F)nc(CCl)c1I. The summed E-state index contributed by atoms with van der Waals surface area (Å²) in [5, 5.41) is 8.92. The lowest BCUT2D eigenvalue weighted by molar-refractivity contribution is 0.145. The van der Waals surface area contributed by atoms with Crippen molar-refractivity contribution < 1.29 is 13.9 Å². The Bertz CT molecular complexity index is 310. The lowest BCUT2D eigenvalue weighted by atomic mass is 10.2. The molecule has 1 aromatic heterocycles. The second-order valence-corrected chi connectivity index (χ2v) is 3.91. The van der Waals surface area contributed by atoms with E-state index in [0.717, 1.165) is 0 Å². The minimum Gasteiger partial charge on any atom is -0.392 e. The van der Waals surface area contributed by atoms with Crippen LogP contribution in [0, 0.1) is 3.57 Å². The van der Waals surface area contributed by atoms with Crippen molar-refractivity contribution in [1.29, 1.82) is 0 Å². The molecule has 0 bridgehead atoms. The molecule has 1 heterocycles. The van der Waals surface area contributed by atoms with Crippen LogP contribution in [-0.4, -0.2) is 10.1 Å². The van der Waals surface area contributed by atoms with E-state index in [1.165, 1.54) is 6.07 Å². The summed E-state index contributed by atoms with van der Waals surface area (Å²) in [6.07, 6.45) is -2.64. The van der Waals surface area contributed by atoms with Crippen molar-refractivity contribution in [2.45, 2.75) is 18.9 Å². The zero-order valence-corrected chi connectivity index (χ0v) is 9.89. The number of nitrogens with zero attached hydrogens (tertiary/aromatic N) is 1. The third-order valence-corrected chi connectivity index (χ3v) is 3.21. The van der Waals surface area contributed by atoms with Crippen molar-refractivity contribution in [3.05, 3.63) is 26.6 Å². The molecule has 1 aromatic rings. The van der Waals surface area contributed by atoms with Gasteiger partial charge in [-0.3, -0.25) is 0 Å². The Morgan fingerprint density at radius 3 is 2.64 bits per heavy atom. The van der Waals surface area contributed by atoms with E-state index in [1.807, 2.05) is 22.6 Å². The van der Waals surface area contributed by atoms with Crippen LogP contribution in [0.25, 0.3) is 0 Å². The smallest absolute Gasteiger partial charge is 0.280 e. The molecular formula is C8H7ClF2INO. The Hall–Kier alpha value is -0.0100. The van der Waals surface area contributed by atoms with E-state index in [4.69, 9.17) is 16.7 Å². The lowest BCUT2D eigenvalue weighted by Crippen LogP contribution is -2.02. The highest BCUT2D eigenvalue weighted by atomic mass is 127. The fraction of sp³-hybridized carbons (Fsp3) is 0.375. The third-order valence-electron chi connectivity index (χ3n) is 1.64. The molecule has 14 heavy (non-hydrogen) atoms. The molecule has 0 aromatic carbocycles. The molecule has 0 fully saturated rings. The first-order chi connectivity index (χ1) is 6.60. The van der Waals surface area contributed by atoms with E-state index in [-0.39, 0.29) is 18.2 Å². The average Bonchev–Trinajstić information content (AvgIpc) is 2.17. The Morgan fingerprint density at radius 2 is 2.21 bits per heavy atom. The maximum Gasteiger partial charge on any atom is 0.280 e. The monoisotopic (exact) mass is 333 g/mol. The maximum atomic E-state index is 12.3. The van der Waals surface area contributed by atoms with E-state index in [2.05, 4.69) is 4.98 Å². The number of alkyl halides is 3. The highest BCUT2D eigenvalue weighted by molar-refractivity contribution is 14.1.